The van der Waals surface area contributed by atoms with E-state index < -0.39 is 11.6 Å². The Morgan fingerprint density at radius 2 is 1.89 bits per heavy atom. The molecule has 2 aliphatic heterocycles. The molecule has 2 N–H and O–H groups in total. The summed E-state index contributed by atoms with van der Waals surface area (Å²) in [5, 5.41) is 11.7. The number of urea groups is 1. The van der Waals surface area contributed by atoms with Gasteiger partial charge < -0.3 is 25.0 Å². The SMILES string of the molecule is CC1(OCC(=O)O)CN(C(=O)N2CCNCC2)C1. The molecule has 7 nitrogen and oxygen atoms in total. The first kappa shape index (κ1) is 13.1. The van der Waals surface area contributed by atoms with Crippen molar-refractivity contribution in [3.8, 4) is 0 Å². The molecule has 2 saturated heterocycles. The molecule has 0 aromatic heterocycles. The quantitative estimate of drug-likeness (QED) is 0.691. The average Bonchev–Trinajstić information content (AvgIpc) is 2.33. The van der Waals surface area contributed by atoms with Crippen molar-refractivity contribution in [1.82, 2.24) is 15.1 Å². The summed E-state index contributed by atoms with van der Waals surface area (Å²) < 4.78 is 5.27. The minimum absolute atomic E-state index is 0.0212. The van der Waals surface area contributed by atoms with Gasteiger partial charge in [-0.2, -0.15) is 0 Å². The molecule has 2 rings (SSSR count). The van der Waals surface area contributed by atoms with Gasteiger partial charge in [-0.25, -0.2) is 9.59 Å². The molecular formula is C11H19N3O4. The molecule has 0 aromatic carbocycles. The largest absolute Gasteiger partial charge is 0.480 e. The first-order valence-corrected chi connectivity index (χ1v) is 6.10. The molecule has 0 unspecified atom stereocenters. The van der Waals surface area contributed by atoms with Crippen LogP contribution in [0, 0.1) is 0 Å². The van der Waals surface area contributed by atoms with E-state index in [2.05, 4.69) is 5.32 Å². The van der Waals surface area contributed by atoms with Crippen molar-refractivity contribution >= 4 is 12.0 Å². The number of likely N-dealkylation sites (tertiary alicyclic amines) is 1. The maximum absolute atomic E-state index is 12.1. The van der Waals surface area contributed by atoms with Crippen molar-refractivity contribution < 1.29 is 19.4 Å². The zero-order chi connectivity index (χ0) is 13.2. The van der Waals surface area contributed by atoms with Crippen LogP contribution in [0.3, 0.4) is 0 Å². The molecule has 7 heteroatoms. The van der Waals surface area contributed by atoms with Crippen molar-refractivity contribution in [1.29, 1.82) is 0 Å². The van der Waals surface area contributed by atoms with Gasteiger partial charge >= 0.3 is 12.0 Å². The van der Waals surface area contributed by atoms with E-state index in [0.717, 1.165) is 26.2 Å². The molecule has 2 heterocycles. The van der Waals surface area contributed by atoms with Crippen LogP contribution in [0.2, 0.25) is 0 Å². The summed E-state index contributed by atoms with van der Waals surface area (Å²) in [6, 6.07) is 0.0212. The predicted molar refractivity (Wildman–Crippen MR) is 63.4 cm³/mol. The Balaban J connectivity index is 1.77. The molecule has 0 saturated carbocycles. The number of piperazine rings is 1. The number of nitrogens with one attached hydrogen (secondary N) is 1. The normalized spacial score (nSPS) is 22.5. The number of nitrogens with zero attached hydrogens (tertiary/aromatic N) is 2. The summed E-state index contributed by atoms with van der Waals surface area (Å²) in [4.78, 5) is 26.0. The van der Waals surface area contributed by atoms with Gasteiger partial charge in [0.15, 0.2) is 0 Å². The third-order valence-electron chi connectivity index (χ3n) is 3.25. The smallest absolute Gasteiger partial charge is 0.329 e. The first-order chi connectivity index (χ1) is 8.50. The summed E-state index contributed by atoms with van der Waals surface area (Å²) in [6.07, 6.45) is 0. The van der Waals surface area contributed by atoms with Crippen LogP contribution in [0.4, 0.5) is 4.79 Å². The van der Waals surface area contributed by atoms with E-state index >= 15 is 0 Å². The molecule has 0 atom stereocenters. The number of amides is 2. The summed E-state index contributed by atoms with van der Waals surface area (Å²) in [5.74, 6) is -0.983. The molecule has 2 amide bonds. The van der Waals surface area contributed by atoms with Gasteiger partial charge in [0.05, 0.1) is 13.1 Å². The van der Waals surface area contributed by atoms with Crippen LogP contribution in [-0.4, -0.2) is 78.4 Å². The molecule has 18 heavy (non-hydrogen) atoms. The second kappa shape index (κ2) is 5.11. The van der Waals surface area contributed by atoms with Crippen molar-refractivity contribution in [3.63, 3.8) is 0 Å². The summed E-state index contributed by atoms with van der Waals surface area (Å²) >= 11 is 0. The zero-order valence-electron chi connectivity index (χ0n) is 10.5. The molecule has 2 fully saturated rings. The fourth-order valence-electron chi connectivity index (χ4n) is 2.28. The topological polar surface area (TPSA) is 82.1 Å². The van der Waals surface area contributed by atoms with Crippen LogP contribution in [0.5, 0.6) is 0 Å². The van der Waals surface area contributed by atoms with Crippen LogP contribution >= 0.6 is 0 Å². The highest BCUT2D eigenvalue weighted by atomic mass is 16.5. The number of carboxylic acids is 1. The highest BCUT2D eigenvalue weighted by Gasteiger charge is 2.44. The lowest BCUT2D eigenvalue weighted by molar-refractivity contribution is -0.160. The second-order valence-corrected chi connectivity index (χ2v) is 5.01. The van der Waals surface area contributed by atoms with Crippen LogP contribution in [0.1, 0.15) is 6.92 Å². The zero-order valence-corrected chi connectivity index (χ0v) is 10.5. The van der Waals surface area contributed by atoms with Gasteiger partial charge in [-0.15, -0.1) is 0 Å². The van der Waals surface area contributed by atoms with Gasteiger partial charge in [-0.1, -0.05) is 0 Å². The fraction of sp³-hybridized carbons (Fsp3) is 0.818. The van der Waals surface area contributed by atoms with Crippen LogP contribution in [-0.2, 0) is 9.53 Å². The maximum Gasteiger partial charge on any atom is 0.329 e. The lowest BCUT2D eigenvalue weighted by atomic mass is 9.97. The third kappa shape index (κ3) is 2.91. The molecule has 0 aromatic rings. The highest BCUT2D eigenvalue weighted by Crippen LogP contribution is 2.25. The minimum Gasteiger partial charge on any atom is -0.480 e. The summed E-state index contributed by atoms with van der Waals surface area (Å²) in [7, 11) is 0. The number of aliphatic carboxylic acids is 1. The van der Waals surface area contributed by atoms with Gasteiger partial charge in [-0.05, 0) is 6.92 Å². The van der Waals surface area contributed by atoms with E-state index in [1.165, 1.54) is 0 Å². The van der Waals surface area contributed by atoms with Gasteiger partial charge in [0.1, 0.15) is 12.2 Å². The van der Waals surface area contributed by atoms with Crippen LogP contribution < -0.4 is 5.32 Å². The standard InChI is InChI=1S/C11H19N3O4/c1-11(18-6-9(15)16)7-14(8-11)10(17)13-4-2-12-3-5-13/h12H,2-8H2,1H3,(H,15,16). The Morgan fingerprint density at radius 1 is 1.28 bits per heavy atom. The molecule has 102 valence electrons. The number of hydrogen-bond acceptors (Lipinski definition) is 4. The first-order valence-electron chi connectivity index (χ1n) is 6.10. The third-order valence-corrected chi connectivity index (χ3v) is 3.25. The monoisotopic (exact) mass is 257 g/mol. The summed E-state index contributed by atoms with van der Waals surface area (Å²) in [5.41, 5.74) is -0.512. The van der Waals surface area contributed by atoms with E-state index in [1.54, 1.807) is 4.90 Å². The van der Waals surface area contributed by atoms with Gasteiger partial charge in [0.25, 0.3) is 0 Å². The number of carboxylic acid groups (broad SMARTS) is 1. The molecule has 0 aliphatic carbocycles. The number of carbonyl (C=O) groups excluding carboxylic acids is 1. The number of ether oxygens (including phenoxy) is 1. The Morgan fingerprint density at radius 3 is 2.44 bits per heavy atom. The Hall–Kier alpha value is -1.34. The van der Waals surface area contributed by atoms with Gasteiger partial charge in [-0.3, -0.25) is 0 Å². The highest BCUT2D eigenvalue weighted by molar-refractivity contribution is 5.76. The Labute approximate surface area is 106 Å². The van der Waals surface area contributed by atoms with Gasteiger partial charge in [0.2, 0.25) is 0 Å². The van der Waals surface area contributed by atoms with Crippen LogP contribution in [0.15, 0.2) is 0 Å². The maximum atomic E-state index is 12.1. The van der Waals surface area contributed by atoms with E-state index in [4.69, 9.17) is 9.84 Å². The lowest BCUT2D eigenvalue weighted by Crippen LogP contribution is -2.66. The van der Waals surface area contributed by atoms with Crippen molar-refractivity contribution in [3.05, 3.63) is 0 Å². The van der Waals surface area contributed by atoms with Gasteiger partial charge in [0, 0.05) is 26.2 Å². The Kier molecular flexibility index (Phi) is 3.72. The second-order valence-electron chi connectivity index (χ2n) is 5.01. The van der Waals surface area contributed by atoms with E-state index in [-0.39, 0.29) is 12.6 Å². The molecular weight excluding hydrogens is 238 g/mol. The molecule has 2 aliphatic rings. The molecule has 0 radical (unpaired) electrons. The number of rotatable bonds is 3. The van der Waals surface area contributed by atoms with E-state index in [9.17, 15) is 9.59 Å². The number of carbonyl (C=O) groups is 2. The predicted octanol–water partition coefficient (Wildman–Crippen LogP) is -0.813. The fourth-order valence-corrected chi connectivity index (χ4v) is 2.28. The Bertz CT molecular complexity index is 335. The van der Waals surface area contributed by atoms with E-state index in [1.807, 2.05) is 11.8 Å². The van der Waals surface area contributed by atoms with Crippen molar-refractivity contribution in [2.24, 2.45) is 0 Å². The lowest BCUT2D eigenvalue weighted by Gasteiger charge is -2.48. The molecule has 0 spiro atoms. The summed E-state index contributed by atoms with van der Waals surface area (Å²) in [6.45, 7) is 5.54. The van der Waals surface area contributed by atoms with E-state index in [0.29, 0.717) is 13.1 Å². The molecule has 0 bridgehead atoms. The van der Waals surface area contributed by atoms with Crippen LogP contribution in [0.25, 0.3) is 0 Å². The number of hydrogen-bond donors (Lipinski definition) is 2. The average molecular weight is 257 g/mol. The minimum atomic E-state index is -0.983. The van der Waals surface area contributed by atoms with Crippen molar-refractivity contribution in [2.45, 2.75) is 12.5 Å². The van der Waals surface area contributed by atoms with Crippen molar-refractivity contribution in [2.75, 3.05) is 45.9 Å².